The van der Waals surface area contributed by atoms with Gasteiger partial charge in [-0.1, -0.05) is 30.3 Å². The van der Waals surface area contributed by atoms with Gasteiger partial charge in [0.05, 0.1) is 0 Å². The number of aryl methyl sites for hydroxylation is 2. The number of anilines is 1. The molecule has 0 atom stereocenters. The van der Waals surface area contributed by atoms with Gasteiger partial charge >= 0.3 is 0 Å². The maximum absolute atomic E-state index is 12.6. The van der Waals surface area contributed by atoms with E-state index in [-0.39, 0.29) is 5.91 Å². The monoisotopic (exact) mass is 280 g/mol. The molecule has 0 bridgehead atoms. The first-order chi connectivity index (χ1) is 10.2. The minimum absolute atomic E-state index is 0.0235. The van der Waals surface area contributed by atoms with Crippen molar-refractivity contribution in [2.24, 2.45) is 0 Å². The molecular formula is C18H20N2O. The Balaban J connectivity index is 1.92. The molecule has 3 nitrogen and oxygen atoms in total. The van der Waals surface area contributed by atoms with Gasteiger partial charge in [0.25, 0.3) is 5.91 Å². The van der Waals surface area contributed by atoms with Crippen LogP contribution in [0.4, 0.5) is 5.69 Å². The zero-order valence-corrected chi connectivity index (χ0v) is 12.5. The first-order valence-electron chi connectivity index (χ1n) is 7.36. The summed E-state index contributed by atoms with van der Waals surface area (Å²) in [6.45, 7) is 5.77. The van der Waals surface area contributed by atoms with E-state index >= 15 is 0 Å². The van der Waals surface area contributed by atoms with Crippen molar-refractivity contribution in [3.63, 3.8) is 0 Å². The summed E-state index contributed by atoms with van der Waals surface area (Å²) in [4.78, 5) is 12.6. The van der Waals surface area contributed by atoms with Crippen LogP contribution in [0.5, 0.6) is 0 Å². The molecule has 2 aromatic rings. The molecule has 3 rings (SSSR count). The smallest absolute Gasteiger partial charge is 0.256 e. The predicted molar refractivity (Wildman–Crippen MR) is 85.7 cm³/mol. The SMILES string of the molecule is Cc1cccc(C)c1C(=O)Nc1cccc2c1CNCC2. The van der Waals surface area contributed by atoms with Crippen LogP contribution in [0.25, 0.3) is 0 Å². The van der Waals surface area contributed by atoms with Crippen LogP contribution in [0.2, 0.25) is 0 Å². The first kappa shape index (κ1) is 13.8. The molecule has 3 heteroatoms. The Morgan fingerprint density at radius 1 is 1.10 bits per heavy atom. The number of carbonyl (C=O) groups is 1. The number of rotatable bonds is 2. The molecule has 2 N–H and O–H groups in total. The van der Waals surface area contributed by atoms with Gasteiger partial charge < -0.3 is 10.6 Å². The fraction of sp³-hybridized carbons (Fsp3) is 0.278. The summed E-state index contributed by atoms with van der Waals surface area (Å²) in [6.07, 6.45) is 1.02. The number of amides is 1. The summed E-state index contributed by atoms with van der Waals surface area (Å²) < 4.78 is 0. The molecule has 108 valence electrons. The normalized spacial score (nSPS) is 13.6. The van der Waals surface area contributed by atoms with Gasteiger partial charge in [-0.05, 0) is 55.1 Å². The summed E-state index contributed by atoms with van der Waals surface area (Å²) in [5, 5.41) is 6.45. The van der Waals surface area contributed by atoms with Gasteiger partial charge in [-0.25, -0.2) is 0 Å². The van der Waals surface area contributed by atoms with Crippen molar-refractivity contribution >= 4 is 11.6 Å². The molecule has 1 aliphatic heterocycles. The largest absolute Gasteiger partial charge is 0.322 e. The van der Waals surface area contributed by atoms with Crippen molar-refractivity contribution in [3.05, 3.63) is 64.2 Å². The van der Waals surface area contributed by atoms with Crippen LogP contribution >= 0.6 is 0 Å². The summed E-state index contributed by atoms with van der Waals surface area (Å²) in [5.41, 5.74) is 6.26. The van der Waals surface area contributed by atoms with E-state index in [0.717, 1.165) is 41.9 Å². The fourth-order valence-corrected chi connectivity index (χ4v) is 2.99. The lowest BCUT2D eigenvalue weighted by Gasteiger charge is -2.21. The van der Waals surface area contributed by atoms with Crippen molar-refractivity contribution in [1.29, 1.82) is 0 Å². The molecule has 0 aliphatic carbocycles. The van der Waals surface area contributed by atoms with Crippen LogP contribution < -0.4 is 10.6 Å². The number of hydrogen-bond donors (Lipinski definition) is 2. The Kier molecular flexibility index (Phi) is 3.76. The van der Waals surface area contributed by atoms with E-state index in [1.54, 1.807) is 0 Å². The van der Waals surface area contributed by atoms with E-state index in [0.29, 0.717) is 0 Å². The molecule has 2 aromatic carbocycles. The molecule has 1 heterocycles. The third-order valence-electron chi connectivity index (χ3n) is 4.10. The summed E-state index contributed by atoms with van der Waals surface area (Å²) >= 11 is 0. The minimum Gasteiger partial charge on any atom is -0.322 e. The summed E-state index contributed by atoms with van der Waals surface area (Å²) in [5.74, 6) is -0.0235. The second kappa shape index (κ2) is 5.70. The second-order valence-corrected chi connectivity index (χ2v) is 5.59. The molecule has 0 unspecified atom stereocenters. The van der Waals surface area contributed by atoms with E-state index in [2.05, 4.69) is 16.7 Å². The maximum atomic E-state index is 12.6. The highest BCUT2D eigenvalue weighted by atomic mass is 16.1. The number of benzene rings is 2. The Bertz CT molecular complexity index is 671. The van der Waals surface area contributed by atoms with E-state index in [4.69, 9.17) is 0 Å². The minimum atomic E-state index is -0.0235. The van der Waals surface area contributed by atoms with E-state index < -0.39 is 0 Å². The highest BCUT2D eigenvalue weighted by Crippen LogP contribution is 2.24. The highest BCUT2D eigenvalue weighted by Gasteiger charge is 2.16. The molecule has 0 spiro atoms. The molecule has 1 amide bonds. The van der Waals surface area contributed by atoms with E-state index in [1.165, 1.54) is 11.1 Å². The van der Waals surface area contributed by atoms with Gasteiger partial charge in [0, 0.05) is 17.8 Å². The Hall–Kier alpha value is -2.13. The van der Waals surface area contributed by atoms with Gasteiger partial charge in [0.2, 0.25) is 0 Å². The van der Waals surface area contributed by atoms with Crippen LogP contribution in [0.3, 0.4) is 0 Å². The van der Waals surface area contributed by atoms with Crippen LogP contribution in [0.1, 0.15) is 32.6 Å². The van der Waals surface area contributed by atoms with Gasteiger partial charge in [0.15, 0.2) is 0 Å². The predicted octanol–water partition coefficient (Wildman–Crippen LogP) is 3.20. The lowest BCUT2D eigenvalue weighted by atomic mass is 9.98. The average molecular weight is 280 g/mol. The quantitative estimate of drug-likeness (QED) is 0.887. The summed E-state index contributed by atoms with van der Waals surface area (Å²) in [6, 6.07) is 12.1. The molecule has 21 heavy (non-hydrogen) atoms. The van der Waals surface area contributed by atoms with Gasteiger partial charge in [0.1, 0.15) is 0 Å². The van der Waals surface area contributed by atoms with Crippen LogP contribution in [-0.2, 0) is 13.0 Å². The number of hydrogen-bond acceptors (Lipinski definition) is 2. The molecule has 1 aliphatic rings. The van der Waals surface area contributed by atoms with Crippen LogP contribution in [0, 0.1) is 13.8 Å². The molecular weight excluding hydrogens is 260 g/mol. The third kappa shape index (κ3) is 2.69. The topological polar surface area (TPSA) is 41.1 Å². The van der Waals surface area contributed by atoms with Crippen molar-refractivity contribution in [3.8, 4) is 0 Å². The Labute approximate surface area is 125 Å². The number of fused-ring (bicyclic) bond motifs is 1. The number of nitrogens with one attached hydrogen (secondary N) is 2. The van der Waals surface area contributed by atoms with Crippen LogP contribution in [-0.4, -0.2) is 12.5 Å². The zero-order chi connectivity index (χ0) is 14.8. The van der Waals surface area contributed by atoms with E-state index in [1.807, 2.05) is 44.2 Å². The van der Waals surface area contributed by atoms with Crippen molar-refractivity contribution in [1.82, 2.24) is 5.32 Å². The highest BCUT2D eigenvalue weighted by molar-refractivity contribution is 6.06. The molecule has 0 saturated carbocycles. The van der Waals surface area contributed by atoms with E-state index in [9.17, 15) is 4.79 Å². The van der Waals surface area contributed by atoms with Crippen molar-refractivity contribution in [2.75, 3.05) is 11.9 Å². The Morgan fingerprint density at radius 2 is 1.81 bits per heavy atom. The average Bonchev–Trinajstić information content (AvgIpc) is 2.47. The second-order valence-electron chi connectivity index (χ2n) is 5.59. The van der Waals surface area contributed by atoms with Gasteiger partial charge in [-0.3, -0.25) is 4.79 Å². The summed E-state index contributed by atoms with van der Waals surface area (Å²) in [7, 11) is 0. The van der Waals surface area contributed by atoms with Crippen LogP contribution in [0.15, 0.2) is 36.4 Å². The van der Waals surface area contributed by atoms with Gasteiger partial charge in [-0.15, -0.1) is 0 Å². The lowest BCUT2D eigenvalue weighted by molar-refractivity contribution is 0.102. The molecule has 0 radical (unpaired) electrons. The molecule has 0 aromatic heterocycles. The molecule has 0 fully saturated rings. The van der Waals surface area contributed by atoms with Gasteiger partial charge in [-0.2, -0.15) is 0 Å². The first-order valence-corrected chi connectivity index (χ1v) is 7.36. The molecule has 0 saturated heterocycles. The van der Waals surface area contributed by atoms with Crippen molar-refractivity contribution in [2.45, 2.75) is 26.8 Å². The third-order valence-corrected chi connectivity index (χ3v) is 4.10. The maximum Gasteiger partial charge on any atom is 0.256 e. The number of carbonyl (C=O) groups excluding carboxylic acids is 1. The lowest BCUT2D eigenvalue weighted by Crippen LogP contribution is -2.25. The standard InChI is InChI=1S/C18H20N2O/c1-12-5-3-6-13(2)17(12)18(21)20-16-8-4-7-14-9-10-19-11-15(14)16/h3-8,19H,9-11H2,1-2H3,(H,20,21). The van der Waals surface area contributed by atoms with Crippen molar-refractivity contribution < 1.29 is 4.79 Å². The zero-order valence-electron chi connectivity index (χ0n) is 12.5. The fourth-order valence-electron chi connectivity index (χ4n) is 2.99. The Morgan fingerprint density at radius 3 is 2.57 bits per heavy atom.